The zero-order valence-corrected chi connectivity index (χ0v) is 20.9. The molecule has 0 N–H and O–H groups in total. The van der Waals surface area contributed by atoms with Crippen LogP contribution >= 0.6 is 0 Å². The summed E-state index contributed by atoms with van der Waals surface area (Å²) in [6.45, 7) is 13.9. The highest BCUT2D eigenvalue weighted by Crippen LogP contribution is 2.01. The van der Waals surface area contributed by atoms with Gasteiger partial charge in [0.2, 0.25) is 0 Å². The normalized spacial score (nSPS) is 9.58. The number of ether oxygens (including phenoxy) is 6. The third-order valence-electron chi connectivity index (χ3n) is 3.63. The van der Waals surface area contributed by atoms with E-state index in [1.807, 2.05) is 0 Å². The molecule has 0 saturated heterocycles. The van der Waals surface area contributed by atoms with Gasteiger partial charge in [-0.3, -0.25) is 14.4 Å². The summed E-state index contributed by atoms with van der Waals surface area (Å²) < 4.78 is 28.9. The Labute approximate surface area is 210 Å². The van der Waals surface area contributed by atoms with Crippen molar-refractivity contribution in [1.29, 1.82) is 0 Å². The average Bonchev–Trinajstić information content (AvgIpc) is 2.90. The van der Waals surface area contributed by atoms with E-state index in [1.54, 1.807) is 20.8 Å². The molecular formula is C24H34O12. The Hall–Kier alpha value is -3.96. The van der Waals surface area contributed by atoms with Crippen LogP contribution in [0.4, 0.5) is 0 Å². The molecule has 0 rings (SSSR count). The molecule has 0 bridgehead atoms. The molecule has 0 aromatic heterocycles. The molecule has 202 valence electrons. The van der Waals surface area contributed by atoms with Crippen LogP contribution < -0.4 is 0 Å². The van der Waals surface area contributed by atoms with Crippen molar-refractivity contribution in [3.05, 3.63) is 38.0 Å². The summed E-state index contributed by atoms with van der Waals surface area (Å²) in [7, 11) is 0. The lowest BCUT2D eigenvalue weighted by atomic mass is 10.4. The third-order valence-corrected chi connectivity index (χ3v) is 3.63. The third kappa shape index (κ3) is 19.5. The van der Waals surface area contributed by atoms with E-state index in [0.717, 1.165) is 18.2 Å². The molecule has 0 radical (unpaired) electrons. The minimum Gasteiger partial charge on any atom is -0.462 e. The molecule has 12 nitrogen and oxygen atoms in total. The molecule has 0 spiro atoms. The van der Waals surface area contributed by atoms with Gasteiger partial charge in [-0.2, -0.15) is 0 Å². The minimum absolute atomic E-state index is 0.102. The van der Waals surface area contributed by atoms with Crippen LogP contribution in [0.1, 0.15) is 40.0 Å². The van der Waals surface area contributed by atoms with E-state index in [0.29, 0.717) is 0 Å². The topological polar surface area (TPSA) is 158 Å². The van der Waals surface area contributed by atoms with Crippen LogP contribution in [0.2, 0.25) is 0 Å². The molecule has 0 heterocycles. The van der Waals surface area contributed by atoms with Crippen molar-refractivity contribution in [2.75, 3.05) is 26.4 Å². The second-order valence-electron chi connectivity index (χ2n) is 6.47. The molecule has 0 aliphatic carbocycles. The van der Waals surface area contributed by atoms with Crippen LogP contribution in [0.25, 0.3) is 0 Å². The quantitative estimate of drug-likeness (QED) is 0.167. The lowest BCUT2D eigenvalue weighted by Gasteiger charge is -2.17. The Bertz CT molecular complexity index is 727. The van der Waals surface area contributed by atoms with Crippen molar-refractivity contribution in [3.63, 3.8) is 0 Å². The lowest BCUT2D eigenvalue weighted by molar-refractivity contribution is -0.166. The van der Waals surface area contributed by atoms with Crippen LogP contribution in [-0.2, 0) is 57.2 Å². The minimum atomic E-state index is -0.914. The van der Waals surface area contributed by atoms with E-state index in [2.05, 4.69) is 29.2 Å². The summed E-state index contributed by atoms with van der Waals surface area (Å²) in [6.07, 6.45) is 1.89. The maximum atomic E-state index is 11.1. The molecule has 12 heteroatoms. The van der Waals surface area contributed by atoms with E-state index in [1.165, 1.54) is 0 Å². The fourth-order valence-electron chi connectivity index (χ4n) is 1.76. The number of hydrogen-bond donors (Lipinski definition) is 0. The molecule has 0 atom stereocenters. The second kappa shape index (κ2) is 21.6. The van der Waals surface area contributed by atoms with E-state index in [4.69, 9.17) is 18.9 Å². The molecule has 0 amide bonds. The summed E-state index contributed by atoms with van der Waals surface area (Å²) in [5, 5.41) is 0. The average molecular weight is 515 g/mol. The van der Waals surface area contributed by atoms with Crippen molar-refractivity contribution in [2.24, 2.45) is 0 Å². The molecule has 36 heavy (non-hydrogen) atoms. The fourth-order valence-corrected chi connectivity index (χ4v) is 1.76. The monoisotopic (exact) mass is 514 g/mol. The first kappa shape index (κ1) is 34.2. The smallest absolute Gasteiger partial charge is 0.330 e. The fraction of sp³-hybridized carbons (Fsp3) is 0.500. The summed E-state index contributed by atoms with van der Waals surface area (Å²) in [5.74, 6) is -3.29. The SMILES string of the molecule is C=CC(=O)OCC(COC(=O)C=C)OC(=O)C=C.CCC(=O)OCC(COC(=O)CC)OC(=O)CC. The van der Waals surface area contributed by atoms with Crippen molar-refractivity contribution < 1.29 is 57.2 Å². The van der Waals surface area contributed by atoms with Crippen LogP contribution in [0.15, 0.2) is 38.0 Å². The van der Waals surface area contributed by atoms with Gasteiger partial charge in [-0.1, -0.05) is 40.5 Å². The molecule has 0 saturated carbocycles. The van der Waals surface area contributed by atoms with Gasteiger partial charge in [0, 0.05) is 37.5 Å². The van der Waals surface area contributed by atoms with Gasteiger partial charge in [0.1, 0.15) is 26.4 Å². The number of rotatable bonds is 16. The Morgan fingerprint density at radius 3 is 1.19 bits per heavy atom. The number of carbonyl (C=O) groups is 6. The highest BCUT2D eigenvalue weighted by atomic mass is 16.6. The van der Waals surface area contributed by atoms with Crippen LogP contribution in [0, 0.1) is 0 Å². The highest BCUT2D eigenvalue weighted by Gasteiger charge is 2.18. The molecule has 0 unspecified atom stereocenters. The molecule has 0 aliphatic rings. The van der Waals surface area contributed by atoms with Crippen molar-refractivity contribution >= 4 is 35.8 Å². The van der Waals surface area contributed by atoms with Crippen molar-refractivity contribution in [3.8, 4) is 0 Å². The highest BCUT2D eigenvalue weighted by molar-refractivity contribution is 5.82. The van der Waals surface area contributed by atoms with Crippen LogP contribution in [-0.4, -0.2) is 74.5 Å². The zero-order valence-electron chi connectivity index (χ0n) is 20.9. The van der Waals surface area contributed by atoms with Crippen molar-refractivity contribution in [1.82, 2.24) is 0 Å². The molecule has 0 fully saturated rings. The first-order chi connectivity index (χ1) is 17.1. The van der Waals surface area contributed by atoms with E-state index in [9.17, 15) is 28.8 Å². The standard InChI is InChI=1S/C12H20O6.C12H14O6/c2*1-4-10(13)16-7-9(18-12(15)6-3)8-17-11(14)5-2/h9H,4-8H2,1-3H3;4-6,9H,1-3,7-8H2. The Morgan fingerprint density at radius 2 is 0.861 bits per heavy atom. The predicted molar refractivity (Wildman–Crippen MR) is 125 cm³/mol. The van der Waals surface area contributed by atoms with Gasteiger partial charge in [-0.25, -0.2) is 14.4 Å². The maximum Gasteiger partial charge on any atom is 0.330 e. The van der Waals surface area contributed by atoms with E-state index < -0.39 is 48.0 Å². The summed E-state index contributed by atoms with van der Waals surface area (Å²) >= 11 is 0. The zero-order chi connectivity index (χ0) is 27.9. The summed E-state index contributed by atoms with van der Waals surface area (Å²) in [4.78, 5) is 65.8. The van der Waals surface area contributed by atoms with Gasteiger partial charge in [0.15, 0.2) is 12.2 Å². The number of hydrogen-bond acceptors (Lipinski definition) is 12. The van der Waals surface area contributed by atoms with Crippen LogP contribution in [0.3, 0.4) is 0 Å². The first-order valence-electron chi connectivity index (χ1n) is 11.0. The molecule has 0 aliphatic heterocycles. The Kier molecular flexibility index (Phi) is 20.5. The summed E-state index contributed by atoms with van der Waals surface area (Å²) in [5.41, 5.74) is 0. The Morgan fingerprint density at radius 1 is 0.528 bits per heavy atom. The Balaban J connectivity index is 0. The van der Waals surface area contributed by atoms with E-state index >= 15 is 0 Å². The van der Waals surface area contributed by atoms with Crippen molar-refractivity contribution in [2.45, 2.75) is 52.2 Å². The molecular weight excluding hydrogens is 480 g/mol. The lowest BCUT2D eigenvalue weighted by Crippen LogP contribution is -2.30. The second-order valence-corrected chi connectivity index (χ2v) is 6.47. The summed E-state index contributed by atoms with van der Waals surface area (Å²) in [6, 6.07) is 0. The maximum absolute atomic E-state index is 11.1. The van der Waals surface area contributed by atoms with Gasteiger partial charge in [0.05, 0.1) is 0 Å². The van der Waals surface area contributed by atoms with Gasteiger partial charge in [-0.15, -0.1) is 0 Å². The largest absolute Gasteiger partial charge is 0.462 e. The van der Waals surface area contributed by atoms with E-state index in [-0.39, 0.29) is 45.7 Å². The molecule has 0 aromatic carbocycles. The number of esters is 6. The van der Waals surface area contributed by atoms with Gasteiger partial charge < -0.3 is 28.4 Å². The van der Waals surface area contributed by atoms with Gasteiger partial charge in [0.25, 0.3) is 0 Å². The molecule has 0 aromatic rings. The van der Waals surface area contributed by atoms with Crippen LogP contribution in [0.5, 0.6) is 0 Å². The predicted octanol–water partition coefficient (Wildman–Crippen LogP) is 1.76. The van der Waals surface area contributed by atoms with Gasteiger partial charge in [-0.05, 0) is 0 Å². The first-order valence-corrected chi connectivity index (χ1v) is 11.0. The number of carbonyl (C=O) groups excluding carboxylic acids is 6. The van der Waals surface area contributed by atoms with Gasteiger partial charge >= 0.3 is 35.8 Å².